The molecular weight excluding hydrogens is 362 g/mol. The second-order valence-corrected chi connectivity index (χ2v) is 7.15. The van der Waals surface area contributed by atoms with Gasteiger partial charge in [-0.25, -0.2) is 4.79 Å². The zero-order valence-corrected chi connectivity index (χ0v) is 16.5. The van der Waals surface area contributed by atoms with Gasteiger partial charge in [0.25, 0.3) is 0 Å². The van der Waals surface area contributed by atoms with Gasteiger partial charge in [0.05, 0.1) is 6.61 Å². The summed E-state index contributed by atoms with van der Waals surface area (Å²) in [7, 11) is 0. The van der Waals surface area contributed by atoms with Crippen molar-refractivity contribution >= 4 is 11.7 Å². The molecule has 1 aromatic rings. The van der Waals surface area contributed by atoms with Crippen LogP contribution in [-0.2, 0) is 9.53 Å². The minimum absolute atomic E-state index is 0.171. The van der Waals surface area contributed by atoms with Crippen LogP contribution < -0.4 is 11.0 Å². The van der Waals surface area contributed by atoms with Gasteiger partial charge in [-0.05, 0) is 12.5 Å². The third-order valence-electron chi connectivity index (χ3n) is 4.89. The summed E-state index contributed by atoms with van der Waals surface area (Å²) in [5.41, 5.74) is -0.357. The second-order valence-electron chi connectivity index (χ2n) is 7.15. The summed E-state index contributed by atoms with van der Waals surface area (Å²) >= 11 is 0. The lowest BCUT2D eigenvalue weighted by Gasteiger charge is -2.15. The highest BCUT2D eigenvalue weighted by Crippen LogP contribution is 2.31. The molecular formula is C20H31N3O5. The molecule has 1 aliphatic rings. The van der Waals surface area contributed by atoms with Crippen LogP contribution in [0.3, 0.4) is 0 Å². The van der Waals surface area contributed by atoms with Gasteiger partial charge in [-0.2, -0.15) is 4.98 Å². The topological polar surface area (TPSA) is 114 Å². The fourth-order valence-electron chi connectivity index (χ4n) is 3.21. The van der Waals surface area contributed by atoms with Gasteiger partial charge in [0.15, 0.2) is 6.23 Å². The molecule has 0 radical (unpaired) electrons. The summed E-state index contributed by atoms with van der Waals surface area (Å²) in [6.45, 7) is 5.53. The zero-order valence-electron chi connectivity index (χ0n) is 16.5. The van der Waals surface area contributed by atoms with E-state index in [1.165, 1.54) is 42.5 Å². The minimum atomic E-state index is -1.05. The maximum Gasteiger partial charge on any atom is 0.351 e. The number of aliphatic hydroxyl groups excluding tert-OH is 2. The Balaban J connectivity index is 1.83. The van der Waals surface area contributed by atoms with Crippen molar-refractivity contribution in [1.82, 2.24) is 9.55 Å². The molecule has 0 saturated carbocycles. The van der Waals surface area contributed by atoms with Gasteiger partial charge in [-0.3, -0.25) is 9.36 Å². The highest BCUT2D eigenvalue weighted by Gasteiger charge is 2.38. The third-order valence-corrected chi connectivity index (χ3v) is 4.89. The van der Waals surface area contributed by atoms with Crippen molar-refractivity contribution < 1.29 is 19.7 Å². The first kappa shape index (κ1) is 22.3. The first-order chi connectivity index (χ1) is 13.5. The molecule has 3 atom stereocenters. The molecule has 0 spiro atoms. The molecule has 0 unspecified atom stereocenters. The number of hydrogen-bond acceptors (Lipinski definition) is 6. The normalized spacial score (nSPS) is 21.8. The Hall–Kier alpha value is -2.03. The van der Waals surface area contributed by atoms with E-state index in [2.05, 4.69) is 23.8 Å². The van der Waals surface area contributed by atoms with E-state index in [-0.39, 0.29) is 23.9 Å². The second kappa shape index (κ2) is 11.1. The minimum Gasteiger partial charge on any atom is -0.394 e. The predicted molar refractivity (Wildman–Crippen MR) is 106 cm³/mol. The van der Waals surface area contributed by atoms with Crippen molar-refractivity contribution in [3.8, 4) is 0 Å². The number of anilines is 1. The lowest BCUT2D eigenvalue weighted by Crippen LogP contribution is -2.29. The molecule has 1 aliphatic heterocycles. The van der Waals surface area contributed by atoms with Crippen LogP contribution in [0.25, 0.3) is 0 Å². The number of carbonyl (C=O) groups excluding carboxylic acids is 1. The number of unbranched alkanes of at least 4 members (excludes halogenated alkanes) is 6. The molecule has 1 saturated heterocycles. The monoisotopic (exact) mass is 393 g/mol. The summed E-state index contributed by atoms with van der Waals surface area (Å²) in [4.78, 5) is 28.2. The number of rotatable bonds is 11. The van der Waals surface area contributed by atoms with E-state index < -0.39 is 24.1 Å². The predicted octanol–water partition coefficient (Wildman–Crippen LogP) is 2.13. The van der Waals surface area contributed by atoms with Gasteiger partial charge in [0, 0.05) is 18.2 Å². The fraction of sp³-hybridized carbons (Fsp3) is 0.650. The molecule has 1 aromatic heterocycles. The van der Waals surface area contributed by atoms with Crippen LogP contribution in [0.5, 0.6) is 0 Å². The molecule has 3 N–H and O–H groups in total. The summed E-state index contributed by atoms with van der Waals surface area (Å²) < 4.78 is 6.63. The van der Waals surface area contributed by atoms with Gasteiger partial charge >= 0.3 is 5.69 Å². The highest BCUT2D eigenvalue weighted by molar-refractivity contribution is 5.89. The smallest absolute Gasteiger partial charge is 0.351 e. The van der Waals surface area contributed by atoms with Crippen molar-refractivity contribution in [2.45, 2.75) is 76.7 Å². The van der Waals surface area contributed by atoms with E-state index >= 15 is 0 Å². The van der Waals surface area contributed by atoms with E-state index in [1.807, 2.05) is 0 Å². The number of amides is 1. The first-order valence-corrected chi connectivity index (χ1v) is 10.00. The summed E-state index contributed by atoms with van der Waals surface area (Å²) in [5.74, 6) is 0.00700. The van der Waals surface area contributed by atoms with Gasteiger partial charge in [-0.1, -0.05) is 52.0 Å². The van der Waals surface area contributed by atoms with Crippen LogP contribution in [0.1, 0.15) is 64.5 Å². The molecule has 8 heteroatoms. The SMILES string of the molecule is C=C1[C@H](n2ccc(NC(=O)CCCCCCCCC)nc2=O)O[C@H](CO)[C@H]1O. The van der Waals surface area contributed by atoms with E-state index in [1.54, 1.807) is 0 Å². The van der Waals surface area contributed by atoms with E-state index in [0.717, 1.165) is 19.3 Å². The molecule has 0 aliphatic carbocycles. The van der Waals surface area contributed by atoms with Crippen molar-refractivity contribution in [3.05, 3.63) is 34.9 Å². The standard InChI is InChI=1S/C20H31N3O5/c1-3-4-5-6-7-8-9-10-17(25)21-16-11-12-23(20(27)22-16)19-14(2)18(26)15(13-24)28-19/h11-12,15,18-19,24,26H,2-10,13H2,1H3,(H,21,22,25,27)/t15-,18+,19-/m1/s1. The quantitative estimate of drug-likeness (QED) is 0.392. The average molecular weight is 393 g/mol. The van der Waals surface area contributed by atoms with Gasteiger partial charge in [0.1, 0.15) is 18.0 Å². The summed E-state index contributed by atoms with van der Waals surface area (Å²) in [5, 5.41) is 21.8. The Morgan fingerprint density at radius 2 is 1.96 bits per heavy atom. The number of aromatic nitrogens is 2. The molecule has 8 nitrogen and oxygen atoms in total. The average Bonchev–Trinajstić information content (AvgIpc) is 2.95. The third kappa shape index (κ3) is 5.98. The van der Waals surface area contributed by atoms with Crippen LogP contribution in [-0.4, -0.2) is 44.5 Å². The van der Waals surface area contributed by atoms with Gasteiger partial charge < -0.3 is 20.3 Å². The van der Waals surface area contributed by atoms with Crippen molar-refractivity contribution in [2.75, 3.05) is 11.9 Å². The molecule has 1 fully saturated rings. The summed E-state index contributed by atoms with van der Waals surface area (Å²) in [6, 6.07) is 1.50. The van der Waals surface area contributed by atoms with Crippen molar-refractivity contribution in [3.63, 3.8) is 0 Å². The van der Waals surface area contributed by atoms with Gasteiger partial charge in [0.2, 0.25) is 5.91 Å². The molecule has 0 bridgehead atoms. The van der Waals surface area contributed by atoms with Gasteiger partial charge in [-0.15, -0.1) is 0 Å². The van der Waals surface area contributed by atoms with E-state index in [9.17, 15) is 19.8 Å². The van der Waals surface area contributed by atoms with Crippen molar-refractivity contribution in [2.24, 2.45) is 0 Å². The molecule has 0 aromatic carbocycles. The summed E-state index contributed by atoms with van der Waals surface area (Å²) in [6.07, 6.45) is 6.94. The number of ether oxygens (including phenoxy) is 1. The first-order valence-electron chi connectivity index (χ1n) is 10.00. The number of nitrogens with zero attached hydrogens (tertiary/aromatic N) is 2. The highest BCUT2D eigenvalue weighted by atomic mass is 16.5. The largest absolute Gasteiger partial charge is 0.394 e. The molecule has 2 rings (SSSR count). The maximum absolute atomic E-state index is 12.3. The lowest BCUT2D eigenvalue weighted by atomic mass is 10.1. The van der Waals surface area contributed by atoms with Crippen LogP contribution in [0, 0.1) is 0 Å². The molecule has 1 amide bonds. The molecule has 156 valence electrons. The number of hydrogen-bond donors (Lipinski definition) is 3. The lowest BCUT2D eigenvalue weighted by molar-refractivity contribution is -0.116. The maximum atomic E-state index is 12.3. The van der Waals surface area contributed by atoms with Crippen LogP contribution in [0.15, 0.2) is 29.2 Å². The Morgan fingerprint density at radius 1 is 1.29 bits per heavy atom. The van der Waals surface area contributed by atoms with Crippen LogP contribution in [0.4, 0.5) is 5.82 Å². The Morgan fingerprint density at radius 3 is 2.57 bits per heavy atom. The van der Waals surface area contributed by atoms with E-state index in [0.29, 0.717) is 6.42 Å². The molecule has 28 heavy (non-hydrogen) atoms. The Labute approximate surface area is 165 Å². The Kier molecular flexibility index (Phi) is 8.82. The number of carbonyl (C=O) groups is 1. The van der Waals surface area contributed by atoms with E-state index in [4.69, 9.17) is 4.74 Å². The Bertz CT molecular complexity index is 718. The number of nitrogens with one attached hydrogen (secondary N) is 1. The molecule has 2 heterocycles. The fourth-order valence-corrected chi connectivity index (χ4v) is 3.21. The zero-order chi connectivity index (χ0) is 20.5. The van der Waals surface area contributed by atoms with Crippen LogP contribution >= 0.6 is 0 Å². The van der Waals surface area contributed by atoms with Crippen molar-refractivity contribution in [1.29, 1.82) is 0 Å². The number of aliphatic hydroxyl groups is 2. The van der Waals surface area contributed by atoms with Crippen LogP contribution in [0.2, 0.25) is 0 Å².